The molecule has 192 valence electrons. The van der Waals surface area contributed by atoms with E-state index in [2.05, 4.69) is 27.7 Å². The van der Waals surface area contributed by atoms with Gasteiger partial charge in [0.05, 0.1) is 13.7 Å². The summed E-state index contributed by atoms with van der Waals surface area (Å²) < 4.78 is 15.4. The zero-order valence-corrected chi connectivity index (χ0v) is 21.4. The van der Waals surface area contributed by atoms with Gasteiger partial charge in [0, 0.05) is 32.4 Å². The highest BCUT2D eigenvalue weighted by Crippen LogP contribution is 2.20. The quantitative estimate of drug-likeness (QED) is 0.329. The monoisotopic (exact) mass is 478 g/mol. The molecule has 1 atom stereocenters. The fourth-order valence-corrected chi connectivity index (χ4v) is 3.86. The number of methoxy groups -OCH3 is 2. The fourth-order valence-electron chi connectivity index (χ4n) is 3.86. The minimum absolute atomic E-state index is 0.424. The lowest BCUT2D eigenvalue weighted by Gasteiger charge is -2.26. The standard InChI is InChI=1S/C25H42N4O5/c1-25(2,3)34-24(31)28-21(23(30)33-5)13-16-29(17-18-32-4)15-7-6-10-20-12-11-19-9-8-14-26-22(19)27-20/h11-12,21H,6-10,13-18H2,1-5H3,(H,26,27)(H,28,31). The molecule has 2 N–H and O–H groups in total. The van der Waals surface area contributed by atoms with Gasteiger partial charge in [-0.25, -0.2) is 14.6 Å². The number of anilines is 1. The molecule has 34 heavy (non-hydrogen) atoms. The highest BCUT2D eigenvalue weighted by molar-refractivity contribution is 5.81. The van der Waals surface area contributed by atoms with E-state index < -0.39 is 23.7 Å². The predicted octanol–water partition coefficient (Wildman–Crippen LogP) is 3.17. The number of nitrogens with one attached hydrogen (secondary N) is 2. The Bertz CT molecular complexity index is 781. The van der Waals surface area contributed by atoms with Crippen molar-refractivity contribution in [3.63, 3.8) is 0 Å². The molecule has 0 saturated heterocycles. The molecule has 2 rings (SSSR count). The number of aryl methyl sites for hydroxylation is 2. The molecule has 9 nitrogen and oxygen atoms in total. The summed E-state index contributed by atoms with van der Waals surface area (Å²) in [4.78, 5) is 31.4. The van der Waals surface area contributed by atoms with Gasteiger partial charge in [0.1, 0.15) is 17.5 Å². The van der Waals surface area contributed by atoms with E-state index in [9.17, 15) is 9.59 Å². The molecule has 0 bridgehead atoms. The van der Waals surface area contributed by atoms with Crippen LogP contribution in [0.1, 0.15) is 57.7 Å². The van der Waals surface area contributed by atoms with Crippen LogP contribution >= 0.6 is 0 Å². The van der Waals surface area contributed by atoms with Crippen molar-refractivity contribution in [2.24, 2.45) is 0 Å². The zero-order chi connectivity index (χ0) is 25.0. The number of hydrogen-bond acceptors (Lipinski definition) is 8. The van der Waals surface area contributed by atoms with Gasteiger partial charge in [-0.1, -0.05) is 6.07 Å². The number of amides is 1. The molecular formula is C25H42N4O5. The number of rotatable bonds is 13. The summed E-state index contributed by atoms with van der Waals surface area (Å²) in [6.07, 6.45) is 5.00. The van der Waals surface area contributed by atoms with Crippen LogP contribution in [0.15, 0.2) is 12.1 Å². The van der Waals surface area contributed by atoms with Crippen LogP contribution in [-0.4, -0.2) is 80.6 Å². The maximum atomic E-state index is 12.2. The molecule has 2 heterocycles. The molecule has 0 radical (unpaired) electrons. The molecule has 0 spiro atoms. The van der Waals surface area contributed by atoms with Crippen molar-refractivity contribution in [3.8, 4) is 0 Å². The van der Waals surface area contributed by atoms with Gasteiger partial charge in [0.15, 0.2) is 0 Å². The highest BCUT2D eigenvalue weighted by Gasteiger charge is 2.25. The van der Waals surface area contributed by atoms with Gasteiger partial charge in [-0.2, -0.15) is 0 Å². The Balaban J connectivity index is 1.83. The van der Waals surface area contributed by atoms with Crippen LogP contribution in [0.25, 0.3) is 0 Å². The summed E-state index contributed by atoms with van der Waals surface area (Å²) in [5.41, 5.74) is 1.78. The SMILES string of the molecule is COCCN(CCCCc1ccc2c(n1)NCCC2)CCC(NC(=O)OC(C)(C)C)C(=O)OC. The Labute approximate surface area is 203 Å². The van der Waals surface area contributed by atoms with Crippen LogP contribution in [0.2, 0.25) is 0 Å². The van der Waals surface area contributed by atoms with E-state index in [1.165, 1.54) is 12.7 Å². The second-order valence-electron chi connectivity index (χ2n) is 9.64. The fraction of sp³-hybridized carbons (Fsp3) is 0.720. The molecule has 1 aromatic rings. The van der Waals surface area contributed by atoms with E-state index in [4.69, 9.17) is 19.2 Å². The Morgan fingerprint density at radius 3 is 2.68 bits per heavy atom. The lowest BCUT2D eigenvalue weighted by Crippen LogP contribution is -2.46. The zero-order valence-electron chi connectivity index (χ0n) is 21.4. The number of ether oxygens (including phenoxy) is 3. The summed E-state index contributed by atoms with van der Waals surface area (Å²) in [7, 11) is 2.99. The van der Waals surface area contributed by atoms with Crippen LogP contribution in [0.4, 0.5) is 10.6 Å². The normalized spacial score (nSPS) is 14.2. The molecule has 1 amide bonds. The van der Waals surface area contributed by atoms with E-state index in [-0.39, 0.29) is 0 Å². The van der Waals surface area contributed by atoms with Gasteiger partial charge in [-0.05, 0) is 77.5 Å². The summed E-state index contributed by atoms with van der Waals surface area (Å²) >= 11 is 0. The number of carbonyl (C=O) groups excluding carboxylic acids is 2. The summed E-state index contributed by atoms with van der Waals surface area (Å²) in [5.74, 6) is 0.557. The Kier molecular flexibility index (Phi) is 11.6. The van der Waals surface area contributed by atoms with Crippen molar-refractivity contribution in [2.45, 2.75) is 70.9 Å². The molecule has 0 aromatic carbocycles. The van der Waals surface area contributed by atoms with Gasteiger partial charge >= 0.3 is 12.1 Å². The Hall–Kier alpha value is -2.39. The highest BCUT2D eigenvalue weighted by atomic mass is 16.6. The number of carbonyl (C=O) groups is 2. The van der Waals surface area contributed by atoms with E-state index in [1.54, 1.807) is 27.9 Å². The molecule has 9 heteroatoms. The van der Waals surface area contributed by atoms with Gasteiger partial charge in [0.25, 0.3) is 0 Å². The van der Waals surface area contributed by atoms with Crippen molar-refractivity contribution >= 4 is 17.9 Å². The first kappa shape index (κ1) is 27.9. The van der Waals surface area contributed by atoms with Gasteiger partial charge < -0.3 is 29.7 Å². The lowest BCUT2D eigenvalue weighted by atomic mass is 10.1. The third kappa shape index (κ3) is 10.3. The average molecular weight is 479 g/mol. The number of alkyl carbamates (subject to hydrolysis) is 1. The molecule has 1 aliphatic rings. The minimum Gasteiger partial charge on any atom is -0.467 e. The minimum atomic E-state index is -0.767. The van der Waals surface area contributed by atoms with Crippen molar-refractivity contribution in [1.82, 2.24) is 15.2 Å². The van der Waals surface area contributed by atoms with Crippen molar-refractivity contribution < 1.29 is 23.8 Å². The number of hydrogen-bond donors (Lipinski definition) is 2. The van der Waals surface area contributed by atoms with Crippen molar-refractivity contribution in [1.29, 1.82) is 0 Å². The van der Waals surface area contributed by atoms with Gasteiger partial charge in [-0.15, -0.1) is 0 Å². The number of nitrogens with zero attached hydrogens (tertiary/aromatic N) is 2. The third-order valence-electron chi connectivity index (χ3n) is 5.63. The maximum absolute atomic E-state index is 12.2. The Morgan fingerprint density at radius 1 is 1.18 bits per heavy atom. The number of esters is 1. The number of unbranched alkanes of at least 4 members (excludes halogenated alkanes) is 1. The first-order chi connectivity index (χ1) is 16.2. The smallest absolute Gasteiger partial charge is 0.408 e. The summed E-state index contributed by atoms with van der Waals surface area (Å²) in [6, 6.07) is 3.56. The van der Waals surface area contributed by atoms with Crippen LogP contribution in [0, 0.1) is 0 Å². The second kappa shape index (κ2) is 14.1. The molecule has 0 fully saturated rings. The van der Waals surface area contributed by atoms with Crippen LogP contribution < -0.4 is 10.6 Å². The van der Waals surface area contributed by atoms with Crippen LogP contribution in [-0.2, 0) is 31.8 Å². The Morgan fingerprint density at radius 2 is 1.97 bits per heavy atom. The third-order valence-corrected chi connectivity index (χ3v) is 5.63. The van der Waals surface area contributed by atoms with E-state index in [0.29, 0.717) is 19.6 Å². The summed E-state index contributed by atoms with van der Waals surface area (Å²) in [5, 5.41) is 6.03. The van der Waals surface area contributed by atoms with E-state index >= 15 is 0 Å². The van der Waals surface area contributed by atoms with E-state index in [1.807, 2.05) is 0 Å². The molecule has 1 aliphatic heterocycles. The van der Waals surface area contributed by atoms with Gasteiger partial charge in [-0.3, -0.25) is 0 Å². The first-order valence-electron chi connectivity index (χ1n) is 12.2. The summed E-state index contributed by atoms with van der Waals surface area (Å²) in [6.45, 7) is 9.17. The molecule has 1 unspecified atom stereocenters. The lowest BCUT2D eigenvalue weighted by molar-refractivity contribution is -0.143. The predicted molar refractivity (Wildman–Crippen MR) is 132 cm³/mol. The molecule has 0 saturated carbocycles. The average Bonchev–Trinajstić information content (AvgIpc) is 2.80. The molecular weight excluding hydrogens is 436 g/mol. The van der Waals surface area contributed by atoms with Gasteiger partial charge in [0.2, 0.25) is 0 Å². The number of aromatic nitrogens is 1. The molecule has 0 aliphatic carbocycles. The van der Waals surface area contributed by atoms with Crippen LogP contribution in [0.5, 0.6) is 0 Å². The second-order valence-corrected chi connectivity index (χ2v) is 9.64. The number of fused-ring (bicyclic) bond motifs is 1. The van der Waals surface area contributed by atoms with Crippen LogP contribution in [0.3, 0.4) is 0 Å². The maximum Gasteiger partial charge on any atom is 0.408 e. The first-order valence-corrected chi connectivity index (χ1v) is 12.2. The van der Waals surface area contributed by atoms with E-state index in [0.717, 1.165) is 63.3 Å². The number of pyridine rings is 1. The van der Waals surface area contributed by atoms with Crippen molar-refractivity contribution in [3.05, 3.63) is 23.4 Å². The molecule has 1 aromatic heterocycles. The van der Waals surface area contributed by atoms with Crippen molar-refractivity contribution in [2.75, 3.05) is 52.3 Å². The largest absolute Gasteiger partial charge is 0.467 e. The topological polar surface area (TPSA) is 102 Å².